The molecule has 2 fully saturated rings. The zero-order valence-electron chi connectivity index (χ0n) is 15.5. The molecule has 1 aliphatic heterocycles. The summed E-state index contributed by atoms with van der Waals surface area (Å²) in [4.78, 5) is 26.5. The van der Waals surface area contributed by atoms with Gasteiger partial charge in [0, 0.05) is 32.3 Å². The normalized spacial score (nSPS) is 19.3. The van der Waals surface area contributed by atoms with Gasteiger partial charge in [0.25, 0.3) is 5.91 Å². The minimum absolute atomic E-state index is 0.0388. The molecule has 1 saturated carbocycles. The molecular weight excluding hydrogens is 334 g/mol. The molecule has 0 spiro atoms. The molecule has 1 aromatic rings. The summed E-state index contributed by atoms with van der Waals surface area (Å²) in [6.45, 7) is 1.68. The second kappa shape index (κ2) is 9.07. The molecule has 144 valence electrons. The molecule has 26 heavy (non-hydrogen) atoms. The van der Waals surface area contributed by atoms with Crippen LogP contribution >= 0.6 is 0 Å². The maximum atomic E-state index is 12.4. The van der Waals surface area contributed by atoms with Gasteiger partial charge in [-0.05, 0) is 37.8 Å². The number of hydrogen-bond acceptors (Lipinski definition) is 4. The van der Waals surface area contributed by atoms with E-state index in [1.54, 1.807) is 19.2 Å². The Morgan fingerprint density at radius 3 is 2.46 bits per heavy atom. The van der Waals surface area contributed by atoms with Crippen molar-refractivity contribution in [3.8, 4) is 0 Å². The van der Waals surface area contributed by atoms with E-state index in [9.17, 15) is 9.59 Å². The van der Waals surface area contributed by atoms with Crippen molar-refractivity contribution in [3.05, 3.63) is 23.7 Å². The largest absolute Gasteiger partial charge is 0.453 e. The van der Waals surface area contributed by atoms with Crippen LogP contribution in [0.5, 0.6) is 0 Å². The van der Waals surface area contributed by atoms with E-state index in [0.29, 0.717) is 37.3 Å². The first kappa shape index (κ1) is 18.8. The van der Waals surface area contributed by atoms with E-state index in [2.05, 4.69) is 10.6 Å². The van der Waals surface area contributed by atoms with Crippen molar-refractivity contribution in [3.63, 3.8) is 0 Å². The lowest BCUT2D eigenvalue weighted by Crippen LogP contribution is -2.51. The van der Waals surface area contributed by atoms with E-state index < -0.39 is 0 Å². The summed E-state index contributed by atoms with van der Waals surface area (Å²) in [5, 5.41) is 6.16. The molecule has 0 unspecified atom stereocenters. The summed E-state index contributed by atoms with van der Waals surface area (Å²) >= 11 is 0. The summed E-state index contributed by atoms with van der Waals surface area (Å²) in [5.74, 6) is 0.721. The van der Waals surface area contributed by atoms with Crippen molar-refractivity contribution < 1.29 is 18.7 Å². The molecule has 2 aliphatic rings. The first-order valence-corrected chi connectivity index (χ1v) is 9.59. The minimum Gasteiger partial charge on any atom is -0.453 e. The average molecular weight is 363 g/mol. The van der Waals surface area contributed by atoms with Crippen molar-refractivity contribution in [2.45, 2.75) is 63.6 Å². The van der Waals surface area contributed by atoms with E-state index in [0.717, 1.165) is 25.7 Å². The number of methoxy groups -OCH3 is 1. The van der Waals surface area contributed by atoms with Crippen molar-refractivity contribution in [1.82, 2.24) is 15.5 Å². The monoisotopic (exact) mass is 363 g/mol. The van der Waals surface area contributed by atoms with Crippen LogP contribution < -0.4 is 10.6 Å². The highest BCUT2D eigenvalue weighted by Crippen LogP contribution is 2.18. The third-order valence-corrected chi connectivity index (χ3v) is 5.22. The van der Waals surface area contributed by atoms with Gasteiger partial charge in [0.1, 0.15) is 12.4 Å². The van der Waals surface area contributed by atoms with E-state index in [1.165, 1.54) is 19.3 Å². The highest BCUT2D eigenvalue weighted by Gasteiger charge is 2.26. The molecule has 1 saturated heterocycles. The topological polar surface area (TPSA) is 83.8 Å². The molecule has 1 aliphatic carbocycles. The number of rotatable bonds is 5. The summed E-state index contributed by atoms with van der Waals surface area (Å²) in [7, 11) is 1.58. The van der Waals surface area contributed by atoms with Crippen LogP contribution in [-0.2, 0) is 11.3 Å². The number of nitrogens with one attached hydrogen (secondary N) is 2. The molecule has 0 radical (unpaired) electrons. The summed E-state index contributed by atoms with van der Waals surface area (Å²) in [6, 6.07) is 3.84. The van der Waals surface area contributed by atoms with Crippen molar-refractivity contribution in [1.29, 1.82) is 0 Å². The van der Waals surface area contributed by atoms with Crippen LogP contribution in [0.1, 0.15) is 61.3 Å². The van der Waals surface area contributed by atoms with Crippen LogP contribution in [0.3, 0.4) is 0 Å². The molecule has 0 aromatic carbocycles. The van der Waals surface area contributed by atoms with Gasteiger partial charge in [-0.3, -0.25) is 4.79 Å². The minimum atomic E-state index is -0.211. The number of carbonyl (C=O) groups excluding carboxylic acids is 2. The van der Waals surface area contributed by atoms with Gasteiger partial charge in [-0.1, -0.05) is 19.3 Å². The summed E-state index contributed by atoms with van der Waals surface area (Å²) in [6.07, 6.45) is 7.39. The first-order chi connectivity index (χ1) is 12.7. The highest BCUT2D eigenvalue weighted by molar-refractivity contribution is 5.91. The lowest BCUT2D eigenvalue weighted by Gasteiger charge is -2.34. The van der Waals surface area contributed by atoms with Gasteiger partial charge >= 0.3 is 6.03 Å². The van der Waals surface area contributed by atoms with Crippen LogP contribution in [0.25, 0.3) is 0 Å². The number of likely N-dealkylation sites (tertiary alicyclic amines) is 1. The second-order valence-corrected chi connectivity index (χ2v) is 7.22. The number of urea groups is 1. The van der Waals surface area contributed by atoms with Gasteiger partial charge in [-0.25, -0.2) is 4.79 Å². The van der Waals surface area contributed by atoms with Gasteiger partial charge in [0.15, 0.2) is 5.76 Å². The molecule has 0 atom stereocenters. The predicted octanol–water partition coefficient (Wildman–Crippen LogP) is 2.66. The molecule has 7 nitrogen and oxygen atoms in total. The fourth-order valence-electron chi connectivity index (χ4n) is 3.72. The molecule has 3 amide bonds. The molecule has 2 heterocycles. The highest BCUT2D eigenvalue weighted by atomic mass is 16.5. The lowest BCUT2D eigenvalue weighted by molar-refractivity contribution is 0.0881. The third kappa shape index (κ3) is 5.00. The average Bonchev–Trinajstić information content (AvgIpc) is 3.12. The van der Waals surface area contributed by atoms with E-state index >= 15 is 0 Å². The Balaban J connectivity index is 1.41. The Morgan fingerprint density at radius 1 is 1.08 bits per heavy atom. The SMILES string of the molecule is COCc1ccc(C(=O)NC2CCN(C(=O)NC3CCCCC3)CC2)o1. The Bertz CT molecular complexity index is 602. The van der Waals surface area contributed by atoms with Gasteiger partial charge < -0.3 is 24.7 Å². The van der Waals surface area contributed by atoms with Crippen LogP contribution in [0, 0.1) is 0 Å². The Morgan fingerprint density at radius 2 is 1.77 bits per heavy atom. The number of piperidine rings is 1. The van der Waals surface area contributed by atoms with Crippen molar-refractivity contribution in [2.75, 3.05) is 20.2 Å². The lowest BCUT2D eigenvalue weighted by atomic mass is 9.95. The Kier molecular flexibility index (Phi) is 6.55. The predicted molar refractivity (Wildman–Crippen MR) is 96.9 cm³/mol. The molecule has 7 heteroatoms. The van der Waals surface area contributed by atoms with Crippen molar-refractivity contribution in [2.24, 2.45) is 0 Å². The van der Waals surface area contributed by atoms with E-state index in [4.69, 9.17) is 9.15 Å². The number of carbonyl (C=O) groups is 2. The van der Waals surface area contributed by atoms with Crippen LogP contribution in [0.4, 0.5) is 4.79 Å². The molecule has 0 bridgehead atoms. The Labute approximate surface area is 154 Å². The number of hydrogen-bond donors (Lipinski definition) is 2. The summed E-state index contributed by atoms with van der Waals surface area (Å²) < 4.78 is 10.5. The number of nitrogens with zero attached hydrogens (tertiary/aromatic N) is 1. The van der Waals surface area contributed by atoms with Crippen LogP contribution in [0.2, 0.25) is 0 Å². The fourth-order valence-corrected chi connectivity index (χ4v) is 3.72. The fraction of sp³-hybridized carbons (Fsp3) is 0.684. The number of furan rings is 1. The zero-order valence-corrected chi connectivity index (χ0v) is 15.5. The van der Waals surface area contributed by atoms with Crippen molar-refractivity contribution >= 4 is 11.9 Å². The Hall–Kier alpha value is -2.02. The summed E-state index contributed by atoms with van der Waals surface area (Å²) in [5.41, 5.74) is 0. The molecule has 2 N–H and O–H groups in total. The molecule has 3 rings (SSSR count). The van der Waals surface area contributed by atoms with Crippen LogP contribution in [0.15, 0.2) is 16.5 Å². The number of ether oxygens (including phenoxy) is 1. The van der Waals surface area contributed by atoms with Gasteiger partial charge in [-0.2, -0.15) is 0 Å². The maximum absolute atomic E-state index is 12.4. The van der Waals surface area contributed by atoms with E-state index in [-0.39, 0.29) is 18.0 Å². The molecule has 1 aromatic heterocycles. The third-order valence-electron chi connectivity index (χ3n) is 5.22. The number of amides is 3. The smallest absolute Gasteiger partial charge is 0.317 e. The van der Waals surface area contributed by atoms with Gasteiger partial charge in [0.2, 0.25) is 0 Å². The maximum Gasteiger partial charge on any atom is 0.317 e. The van der Waals surface area contributed by atoms with Crippen LogP contribution in [-0.4, -0.2) is 49.1 Å². The van der Waals surface area contributed by atoms with Gasteiger partial charge in [0.05, 0.1) is 0 Å². The quantitative estimate of drug-likeness (QED) is 0.842. The zero-order chi connectivity index (χ0) is 18.4. The van der Waals surface area contributed by atoms with E-state index in [1.807, 2.05) is 4.90 Å². The first-order valence-electron chi connectivity index (χ1n) is 9.59. The second-order valence-electron chi connectivity index (χ2n) is 7.22. The van der Waals surface area contributed by atoms with Gasteiger partial charge in [-0.15, -0.1) is 0 Å². The molecular formula is C19H29N3O4. The standard InChI is InChI=1S/C19H29N3O4/c1-25-13-16-7-8-17(26-16)18(23)20-15-9-11-22(12-10-15)19(24)21-14-5-3-2-4-6-14/h7-8,14-15H,2-6,9-13H2,1H3,(H,20,23)(H,21,24).